The summed E-state index contributed by atoms with van der Waals surface area (Å²) >= 11 is -5.24. The number of aromatic nitrogens is 2. The van der Waals surface area contributed by atoms with Gasteiger partial charge in [0.2, 0.25) is 0 Å². The number of benzene rings is 4. The molecule has 278 valence electrons. The standard InChI is InChI=1S/C34H20N8O6S2.In.3Na.H2O4S/c1-15-3-7-19-23(11-15)31-35-27(19)39-33-26-14-18(50(46,47)48)6-10-22(26)30(42-33)38-32-24-12-16(2)4-8-20(24)28(36-32)40-34-25-13-17(49(43,44)45)5-9-21(25)29(37-31)41-34;;;;;1-5(2,3)4/h3-14H,1-2H3,(H2-2,35,36,37,38,39,40,41,42,43,44,45,46,47,48);;;;;(H2,1,2,3,4)/q-2;+3;3*+1;/p-4. The number of aryl methyl sites for hydroxylation is 2. The third-order valence-corrected chi connectivity index (χ3v) is 20.5. The topological polar surface area (TPSA) is 265 Å². The van der Waals surface area contributed by atoms with Crippen molar-refractivity contribution < 1.29 is 130 Å². The maximum absolute atomic E-state index is 12.9. The summed E-state index contributed by atoms with van der Waals surface area (Å²) in [6, 6.07) is 17.7. The molecule has 0 saturated carbocycles. The van der Waals surface area contributed by atoms with E-state index >= 15 is 0 Å². The molecule has 0 unspecified atom stereocenters. The van der Waals surface area contributed by atoms with Crippen molar-refractivity contribution in [3.8, 4) is 0 Å². The largest absolute Gasteiger partial charge is 1.00 e. The molecular weight excluding hydrogens is 960 g/mol. The summed E-state index contributed by atoms with van der Waals surface area (Å²) in [7, 11) is -15.4. The number of rotatable bonds is 4. The normalized spacial score (nSPS) is 14.9. The van der Waals surface area contributed by atoms with Crippen LogP contribution in [0.5, 0.6) is 0 Å². The van der Waals surface area contributed by atoms with Gasteiger partial charge in [-0.1, -0.05) is 0 Å². The minimum Gasteiger partial charge on any atom is 1.00 e. The van der Waals surface area contributed by atoms with Gasteiger partial charge in [0, 0.05) is 0 Å². The molecule has 18 nitrogen and oxygen atoms in total. The zero-order valence-corrected chi connectivity index (χ0v) is 43.1. The molecule has 6 heterocycles. The van der Waals surface area contributed by atoms with Gasteiger partial charge in [0.05, 0.1) is 0 Å². The fourth-order valence-corrected chi connectivity index (χ4v) is 17.2. The Labute approximate surface area is 409 Å². The number of nitrogens with zero attached hydrogens (tertiary/aromatic N) is 8. The molecule has 0 radical (unpaired) electrons. The van der Waals surface area contributed by atoms with Gasteiger partial charge < -0.3 is 0 Å². The average molecular weight is 979 g/mol. The number of amidine groups is 4. The molecule has 0 spiro atoms. The molecule has 0 N–H and O–H groups in total. The molecule has 10 rings (SSSR count). The number of hydrogen-bond donors (Lipinski definition) is 0. The molecule has 6 bridgehead atoms. The van der Waals surface area contributed by atoms with Gasteiger partial charge in [0.1, 0.15) is 0 Å². The molecular formula is C34H18InN8Na3O10S3. The van der Waals surface area contributed by atoms with E-state index in [-0.39, 0.29) is 146 Å². The molecule has 0 saturated heterocycles. The predicted octanol–water partition coefficient (Wildman–Crippen LogP) is -7.17. The van der Waals surface area contributed by atoms with E-state index in [1.165, 1.54) is 17.2 Å². The minimum absolute atomic E-state index is 0. The van der Waals surface area contributed by atoms with Crippen molar-refractivity contribution in [2.24, 2.45) is 30.0 Å². The van der Waals surface area contributed by atoms with Crippen LogP contribution in [0, 0.1) is 13.8 Å². The predicted molar refractivity (Wildman–Crippen MR) is 197 cm³/mol. The van der Waals surface area contributed by atoms with E-state index in [9.17, 15) is 38.9 Å². The Bertz CT molecular complexity index is 3530. The Kier molecular flexibility index (Phi) is 11.8. The van der Waals surface area contributed by atoms with Crippen molar-refractivity contribution >= 4 is 110 Å². The molecule has 4 aliphatic rings. The first kappa shape index (κ1) is 44.8. The van der Waals surface area contributed by atoms with Crippen LogP contribution in [0.3, 0.4) is 0 Å². The van der Waals surface area contributed by atoms with Gasteiger partial charge in [0.25, 0.3) is 0 Å². The first-order chi connectivity index (χ1) is 26.4. The Balaban J connectivity index is 0.00000176. The monoisotopic (exact) mass is 978 g/mol. The maximum atomic E-state index is 12.9. The summed E-state index contributed by atoms with van der Waals surface area (Å²) in [6.07, 6.45) is 0. The van der Waals surface area contributed by atoms with E-state index < -0.39 is 62.9 Å². The maximum Gasteiger partial charge on any atom is 1.00 e. The van der Waals surface area contributed by atoms with E-state index in [1.54, 1.807) is 36.4 Å². The van der Waals surface area contributed by atoms with Crippen LogP contribution >= 0.6 is 0 Å². The van der Waals surface area contributed by atoms with Gasteiger partial charge in [-0.15, -0.1) is 0 Å². The van der Waals surface area contributed by atoms with Crippen LogP contribution in [0.4, 0.5) is 11.6 Å². The van der Waals surface area contributed by atoms with Crippen LogP contribution in [-0.2, 0) is 32.9 Å². The Hall–Kier alpha value is -2.20. The van der Waals surface area contributed by atoms with E-state index in [1.807, 2.05) is 13.8 Å². The van der Waals surface area contributed by atoms with Crippen LogP contribution in [0.1, 0.15) is 33.4 Å². The Morgan fingerprint density at radius 3 is 1.46 bits per heavy atom. The molecule has 25 heteroatoms. The molecule has 6 aromatic rings. The number of fused-ring (bicyclic) bond motifs is 14. The van der Waals surface area contributed by atoms with Crippen LogP contribution in [0.15, 0.2) is 113 Å². The van der Waals surface area contributed by atoms with Crippen molar-refractivity contribution in [3.63, 3.8) is 0 Å². The van der Waals surface area contributed by atoms with Crippen molar-refractivity contribution in [1.82, 2.24) is 5.11 Å². The van der Waals surface area contributed by atoms with E-state index in [0.29, 0.717) is 32.7 Å². The summed E-state index contributed by atoms with van der Waals surface area (Å²) < 4.78 is 120. The quantitative estimate of drug-likeness (QED) is 0.0916. The summed E-state index contributed by atoms with van der Waals surface area (Å²) in [4.78, 5) is 27.9. The Morgan fingerprint density at radius 2 is 0.932 bits per heavy atom. The van der Waals surface area contributed by atoms with Gasteiger partial charge in [-0.3, -0.25) is 0 Å². The zero-order chi connectivity index (χ0) is 39.2. The molecule has 0 fully saturated rings. The molecule has 4 aliphatic heterocycles. The van der Waals surface area contributed by atoms with E-state index in [0.717, 1.165) is 35.4 Å². The smallest absolute Gasteiger partial charge is 1.00 e. The second kappa shape index (κ2) is 15.6. The minimum atomic E-state index is -5.50. The van der Waals surface area contributed by atoms with Gasteiger partial charge in [-0.25, -0.2) is 0 Å². The average Bonchev–Trinajstić information content (AvgIpc) is 3.81. The molecule has 2 aromatic heterocycles. The first-order valence-electron chi connectivity index (χ1n) is 16.4. The Morgan fingerprint density at radius 1 is 0.492 bits per heavy atom. The summed E-state index contributed by atoms with van der Waals surface area (Å²) in [5, 5.41) is 1.62. The van der Waals surface area contributed by atoms with Crippen LogP contribution in [-0.4, -0.2) is 89.8 Å². The second-order valence-corrected chi connectivity index (χ2v) is 23.5. The van der Waals surface area contributed by atoms with Crippen LogP contribution in [0.2, 0.25) is 0 Å². The third kappa shape index (κ3) is 7.49. The van der Waals surface area contributed by atoms with Crippen molar-refractivity contribution in [3.05, 3.63) is 117 Å². The molecule has 4 aromatic carbocycles. The van der Waals surface area contributed by atoms with Crippen LogP contribution in [0.25, 0.3) is 21.5 Å². The van der Waals surface area contributed by atoms with Crippen molar-refractivity contribution in [2.45, 2.75) is 23.6 Å². The summed E-state index contributed by atoms with van der Waals surface area (Å²) in [6.45, 7) is 3.62. The van der Waals surface area contributed by atoms with Crippen LogP contribution < -0.4 is 99.6 Å². The third-order valence-electron chi connectivity index (χ3n) is 9.67. The number of aliphatic imine (C=N–C) groups is 4. The van der Waals surface area contributed by atoms with Gasteiger partial charge in [0.15, 0.2) is 0 Å². The van der Waals surface area contributed by atoms with Gasteiger partial charge in [-0.2, -0.15) is 0 Å². The first-order valence-corrected chi connectivity index (χ1v) is 24.8. The molecule has 0 aliphatic carbocycles. The zero-order valence-electron chi connectivity index (χ0n) is 31.4. The van der Waals surface area contributed by atoms with E-state index in [2.05, 4.69) is 0 Å². The van der Waals surface area contributed by atoms with Crippen molar-refractivity contribution in [1.29, 1.82) is 0 Å². The van der Waals surface area contributed by atoms with Gasteiger partial charge >= 0.3 is 415 Å². The van der Waals surface area contributed by atoms with Gasteiger partial charge in [-0.05, 0) is 0 Å². The fourth-order valence-electron chi connectivity index (χ4n) is 7.28. The summed E-state index contributed by atoms with van der Waals surface area (Å²) in [5.41, 5.74) is 2.47. The number of hydrogen-bond acceptors (Lipinski definition) is 16. The molecule has 59 heavy (non-hydrogen) atoms. The molecule has 0 amide bonds. The molecule has 0 atom stereocenters. The second-order valence-electron chi connectivity index (χ2n) is 13.3. The van der Waals surface area contributed by atoms with E-state index in [4.69, 9.17) is 32.3 Å². The van der Waals surface area contributed by atoms with Crippen molar-refractivity contribution in [2.75, 3.05) is 0 Å². The fraction of sp³-hybridized carbons (Fsp3) is 0.0588. The SMILES string of the molecule is Cc1ccc2c3[n]4c(c2c1)N=C1N=C(N=c2c5ccc(C)cc5c([n]2[In]4[O]S(=O)(=O)[O-])=NC2=NC(=N3)c3cc(S(=O)(=O)[O-])ccc32)c2cc(S(=O)(=O)[O-])ccc21.[Na+].[Na+].[Na+]. The summed E-state index contributed by atoms with van der Waals surface area (Å²) in [5.74, 6) is -0.0257.